The van der Waals surface area contributed by atoms with E-state index in [2.05, 4.69) is 0 Å². The number of nitrogens with two attached hydrogens (primary N) is 1. The number of halogens is 2. The van der Waals surface area contributed by atoms with Crippen LogP contribution in [0, 0.1) is 0 Å². The first kappa shape index (κ1) is 15.9. The van der Waals surface area contributed by atoms with E-state index < -0.39 is 0 Å². The lowest BCUT2D eigenvalue weighted by molar-refractivity contribution is 0.217. The summed E-state index contributed by atoms with van der Waals surface area (Å²) in [7, 11) is 0. The minimum Gasteiger partial charge on any atom is -0.490 e. The zero-order valence-corrected chi connectivity index (χ0v) is 13.3. The number of rotatable bonds is 6. The molecule has 0 aliphatic carbocycles. The highest BCUT2D eigenvalue weighted by Crippen LogP contribution is 2.24. The Bertz CT molecular complexity index is 629. The third-order valence-electron chi connectivity index (χ3n) is 2.58. The Morgan fingerprint density at radius 2 is 1.57 bits per heavy atom. The lowest BCUT2D eigenvalue weighted by atomic mass is 10.2. The summed E-state index contributed by atoms with van der Waals surface area (Å²) >= 11 is 16.7. The molecule has 0 spiro atoms. The van der Waals surface area contributed by atoms with Gasteiger partial charge in [-0.25, -0.2) is 0 Å². The van der Waals surface area contributed by atoms with Gasteiger partial charge < -0.3 is 15.2 Å². The van der Waals surface area contributed by atoms with Gasteiger partial charge in [0.25, 0.3) is 0 Å². The lowest BCUT2D eigenvalue weighted by Gasteiger charge is -2.09. The maximum atomic E-state index is 5.89. The van der Waals surface area contributed by atoms with E-state index in [1.807, 2.05) is 18.2 Å². The van der Waals surface area contributed by atoms with Crippen molar-refractivity contribution < 1.29 is 9.47 Å². The van der Waals surface area contributed by atoms with Gasteiger partial charge in [0, 0.05) is 15.6 Å². The van der Waals surface area contributed by atoms with Crippen molar-refractivity contribution in [2.45, 2.75) is 0 Å². The molecule has 0 aromatic heterocycles. The fraction of sp³-hybridized carbons (Fsp3) is 0.133. The Morgan fingerprint density at radius 3 is 2.19 bits per heavy atom. The maximum absolute atomic E-state index is 5.89. The van der Waals surface area contributed by atoms with Crippen LogP contribution in [0.2, 0.25) is 10.0 Å². The zero-order valence-electron chi connectivity index (χ0n) is 11.0. The van der Waals surface area contributed by atoms with Crippen molar-refractivity contribution in [2.75, 3.05) is 13.2 Å². The van der Waals surface area contributed by atoms with E-state index in [4.69, 9.17) is 50.6 Å². The van der Waals surface area contributed by atoms with Crippen LogP contribution in [-0.2, 0) is 0 Å². The molecule has 0 amide bonds. The van der Waals surface area contributed by atoms with E-state index in [-0.39, 0.29) is 0 Å². The Labute approximate surface area is 138 Å². The highest BCUT2D eigenvalue weighted by Gasteiger charge is 2.01. The van der Waals surface area contributed by atoms with Crippen molar-refractivity contribution >= 4 is 40.4 Å². The van der Waals surface area contributed by atoms with Crippen LogP contribution in [0.3, 0.4) is 0 Å². The van der Waals surface area contributed by atoms with E-state index in [1.165, 1.54) is 0 Å². The maximum Gasteiger partial charge on any atom is 0.122 e. The van der Waals surface area contributed by atoms with E-state index in [9.17, 15) is 0 Å². The first-order valence-electron chi connectivity index (χ1n) is 6.16. The molecule has 0 aliphatic rings. The molecule has 21 heavy (non-hydrogen) atoms. The summed E-state index contributed by atoms with van der Waals surface area (Å²) in [6, 6.07) is 12.3. The van der Waals surface area contributed by atoms with Gasteiger partial charge in [-0.3, -0.25) is 0 Å². The van der Waals surface area contributed by atoms with Crippen molar-refractivity contribution in [1.29, 1.82) is 0 Å². The average molecular weight is 342 g/mol. The molecule has 0 atom stereocenters. The van der Waals surface area contributed by atoms with Crippen molar-refractivity contribution in [1.82, 2.24) is 0 Å². The summed E-state index contributed by atoms with van der Waals surface area (Å²) in [6.07, 6.45) is 0. The Hall–Kier alpha value is -1.49. The molecular weight excluding hydrogens is 329 g/mol. The Kier molecular flexibility index (Phi) is 5.67. The number of ether oxygens (including phenoxy) is 2. The number of thiocarbonyl (C=S) groups is 1. The molecule has 2 rings (SSSR count). The molecule has 3 nitrogen and oxygen atoms in total. The molecule has 2 aromatic carbocycles. The monoisotopic (exact) mass is 341 g/mol. The summed E-state index contributed by atoms with van der Waals surface area (Å²) in [6.45, 7) is 0.749. The van der Waals surface area contributed by atoms with Crippen LogP contribution in [0.25, 0.3) is 0 Å². The van der Waals surface area contributed by atoms with Gasteiger partial charge in [0.2, 0.25) is 0 Å². The first-order chi connectivity index (χ1) is 10.0. The van der Waals surface area contributed by atoms with E-state index in [0.717, 1.165) is 5.56 Å². The SMILES string of the molecule is NC(=S)c1cccc(OCCOc2cc(Cl)cc(Cl)c2)c1. The van der Waals surface area contributed by atoms with Gasteiger partial charge in [0.1, 0.15) is 29.7 Å². The molecule has 110 valence electrons. The van der Waals surface area contributed by atoms with Crippen molar-refractivity contribution in [3.8, 4) is 11.5 Å². The van der Waals surface area contributed by atoms with Crippen LogP contribution in [0.5, 0.6) is 11.5 Å². The highest BCUT2D eigenvalue weighted by molar-refractivity contribution is 7.80. The van der Waals surface area contributed by atoms with Crippen LogP contribution < -0.4 is 15.2 Å². The second-order valence-corrected chi connectivity index (χ2v) is 5.51. The van der Waals surface area contributed by atoms with Crippen molar-refractivity contribution in [3.63, 3.8) is 0 Å². The number of hydrogen-bond donors (Lipinski definition) is 1. The summed E-state index contributed by atoms with van der Waals surface area (Å²) < 4.78 is 11.1. The van der Waals surface area contributed by atoms with Gasteiger partial charge in [-0.2, -0.15) is 0 Å². The second-order valence-electron chi connectivity index (χ2n) is 4.19. The number of benzene rings is 2. The van der Waals surface area contributed by atoms with Crippen LogP contribution in [0.4, 0.5) is 0 Å². The van der Waals surface area contributed by atoms with E-state index in [0.29, 0.717) is 39.7 Å². The molecule has 0 saturated heterocycles. The zero-order chi connectivity index (χ0) is 15.2. The van der Waals surface area contributed by atoms with Gasteiger partial charge in [-0.15, -0.1) is 0 Å². The molecule has 0 fully saturated rings. The van der Waals surface area contributed by atoms with E-state index in [1.54, 1.807) is 24.3 Å². The minimum absolute atomic E-state index is 0.338. The van der Waals surface area contributed by atoms with Crippen molar-refractivity contribution in [3.05, 3.63) is 58.1 Å². The number of hydrogen-bond acceptors (Lipinski definition) is 3. The molecule has 6 heteroatoms. The largest absolute Gasteiger partial charge is 0.490 e. The van der Waals surface area contributed by atoms with Crippen LogP contribution >= 0.6 is 35.4 Å². The first-order valence-corrected chi connectivity index (χ1v) is 7.32. The molecule has 2 N–H and O–H groups in total. The molecule has 0 aliphatic heterocycles. The van der Waals surface area contributed by atoms with Gasteiger partial charge in [0.15, 0.2) is 0 Å². The van der Waals surface area contributed by atoms with Gasteiger partial charge >= 0.3 is 0 Å². The standard InChI is InChI=1S/C15H13Cl2NO2S/c16-11-7-12(17)9-14(8-11)20-5-4-19-13-3-1-2-10(6-13)15(18)21/h1-3,6-9H,4-5H2,(H2,18,21). The highest BCUT2D eigenvalue weighted by atomic mass is 35.5. The minimum atomic E-state index is 0.338. The van der Waals surface area contributed by atoms with Gasteiger partial charge in [-0.05, 0) is 30.3 Å². The third-order valence-corrected chi connectivity index (χ3v) is 3.25. The molecule has 2 aromatic rings. The second kappa shape index (κ2) is 7.50. The predicted octanol–water partition coefficient (Wildman–Crippen LogP) is 4.09. The normalized spacial score (nSPS) is 10.2. The quantitative estimate of drug-likeness (QED) is 0.634. The molecule has 0 saturated carbocycles. The molecule has 0 heterocycles. The average Bonchev–Trinajstić information content (AvgIpc) is 2.43. The Balaban J connectivity index is 1.84. The summed E-state index contributed by atoms with van der Waals surface area (Å²) in [5.74, 6) is 1.29. The van der Waals surface area contributed by atoms with Gasteiger partial charge in [-0.1, -0.05) is 47.6 Å². The smallest absolute Gasteiger partial charge is 0.122 e. The molecule has 0 radical (unpaired) electrons. The summed E-state index contributed by atoms with van der Waals surface area (Å²) in [5, 5.41) is 1.06. The topological polar surface area (TPSA) is 44.5 Å². The van der Waals surface area contributed by atoms with Gasteiger partial charge in [0.05, 0.1) is 0 Å². The van der Waals surface area contributed by atoms with Crippen LogP contribution in [0.1, 0.15) is 5.56 Å². The fourth-order valence-electron chi connectivity index (χ4n) is 1.67. The molecule has 0 bridgehead atoms. The van der Waals surface area contributed by atoms with Crippen LogP contribution in [-0.4, -0.2) is 18.2 Å². The van der Waals surface area contributed by atoms with Crippen LogP contribution in [0.15, 0.2) is 42.5 Å². The molecular formula is C15H13Cl2NO2S. The summed E-state index contributed by atoms with van der Waals surface area (Å²) in [4.78, 5) is 0.338. The van der Waals surface area contributed by atoms with E-state index >= 15 is 0 Å². The molecule has 0 unspecified atom stereocenters. The van der Waals surface area contributed by atoms with Crippen molar-refractivity contribution in [2.24, 2.45) is 5.73 Å². The Morgan fingerprint density at radius 1 is 0.952 bits per heavy atom. The summed E-state index contributed by atoms with van der Waals surface area (Å²) in [5.41, 5.74) is 6.34. The predicted molar refractivity (Wildman–Crippen MR) is 89.8 cm³/mol. The third kappa shape index (κ3) is 5.08. The lowest BCUT2D eigenvalue weighted by Crippen LogP contribution is -2.11. The fourth-order valence-corrected chi connectivity index (χ4v) is 2.30.